The second-order valence-electron chi connectivity index (χ2n) is 7.05. The first-order chi connectivity index (χ1) is 13.1. The first-order valence-electron chi connectivity index (χ1n) is 9.75. The largest absolute Gasteiger partial charge is 0.334 e. The van der Waals surface area contributed by atoms with Crippen molar-refractivity contribution in [3.8, 4) is 0 Å². The Morgan fingerprint density at radius 2 is 1.96 bits per heavy atom. The summed E-state index contributed by atoms with van der Waals surface area (Å²) in [7, 11) is 0. The minimum atomic E-state index is -0.0614. The summed E-state index contributed by atoms with van der Waals surface area (Å²) in [5, 5.41) is 2.12. The molecule has 4 nitrogen and oxygen atoms in total. The van der Waals surface area contributed by atoms with Crippen molar-refractivity contribution in [2.24, 2.45) is 0 Å². The second-order valence-corrected chi connectivity index (χ2v) is 8.05. The highest BCUT2D eigenvalue weighted by atomic mass is 32.1. The maximum absolute atomic E-state index is 13.2. The highest BCUT2D eigenvalue weighted by Gasteiger charge is 2.34. The van der Waals surface area contributed by atoms with Gasteiger partial charge >= 0.3 is 0 Å². The van der Waals surface area contributed by atoms with E-state index in [1.807, 2.05) is 30.9 Å². The van der Waals surface area contributed by atoms with Crippen LogP contribution in [0.4, 0.5) is 0 Å². The first kappa shape index (κ1) is 19.6. The standard InChI is InChI=1S/C22H28N2O2S/c1-4-8-20(25)23(5-2)15-21(26)24-13-11-19-18(12-14-27-19)22(24)17-10-7-6-9-16(17)3/h6-7,9-10,12,14,22H,4-5,8,11,13,15H2,1-3H3/t22-/m1/s1. The zero-order chi connectivity index (χ0) is 19.4. The van der Waals surface area contributed by atoms with Crippen molar-refractivity contribution < 1.29 is 9.59 Å². The maximum Gasteiger partial charge on any atom is 0.242 e. The van der Waals surface area contributed by atoms with E-state index >= 15 is 0 Å². The molecule has 5 heteroatoms. The molecule has 1 atom stereocenters. The number of benzene rings is 1. The lowest BCUT2D eigenvalue weighted by Gasteiger charge is -2.38. The van der Waals surface area contributed by atoms with Gasteiger partial charge in [0.2, 0.25) is 11.8 Å². The quantitative estimate of drug-likeness (QED) is 0.750. The zero-order valence-electron chi connectivity index (χ0n) is 16.4. The lowest BCUT2D eigenvalue weighted by atomic mass is 9.90. The van der Waals surface area contributed by atoms with Crippen LogP contribution in [0, 0.1) is 6.92 Å². The van der Waals surface area contributed by atoms with Crippen LogP contribution in [0.3, 0.4) is 0 Å². The number of fused-ring (bicyclic) bond motifs is 1. The molecule has 0 saturated heterocycles. The van der Waals surface area contributed by atoms with Gasteiger partial charge < -0.3 is 9.80 Å². The van der Waals surface area contributed by atoms with Gasteiger partial charge in [0.25, 0.3) is 0 Å². The third-order valence-electron chi connectivity index (χ3n) is 5.29. The van der Waals surface area contributed by atoms with E-state index in [0.717, 1.165) is 12.8 Å². The molecule has 0 fully saturated rings. The summed E-state index contributed by atoms with van der Waals surface area (Å²) < 4.78 is 0. The molecule has 3 rings (SSSR count). The summed E-state index contributed by atoms with van der Waals surface area (Å²) in [6, 6.07) is 10.4. The number of hydrogen-bond acceptors (Lipinski definition) is 3. The van der Waals surface area contributed by atoms with Crippen molar-refractivity contribution >= 4 is 23.2 Å². The molecule has 0 saturated carbocycles. The van der Waals surface area contributed by atoms with Crippen LogP contribution in [0.5, 0.6) is 0 Å². The summed E-state index contributed by atoms with van der Waals surface area (Å²) in [5.41, 5.74) is 3.60. The first-order valence-corrected chi connectivity index (χ1v) is 10.6. The van der Waals surface area contributed by atoms with Crippen molar-refractivity contribution in [2.75, 3.05) is 19.6 Å². The molecule has 1 aliphatic rings. The Morgan fingerprint density at radius 3 is 2.67 bits per heavy atom. The number of thiophene rings is 1. The average molecular weight is 385 g/mol. The molecule has 2 heterocycles. The molecule has 0 bridgehead atoms. The fourth-order valence-electron chi connectivity index (χ4n) is 3.82. The Morgan fingerprint density at radius 1 is 1.19 bits per heavy atom. The number of hydrogen-bond donors (Lipinski definition) is 0. The maximum atomic E-state index is 13.2. The Bertz CT molecular complexity index is 814. The number of amides is 2. The van der Waals surface area contributed by atoms with Gasteiger partial charge in [-0.15, -0.1) is 11.3 Å². The number of nitrogens with zero attached hydrogens (tertiary/aromatic N) is 2. The van der Waals surface area contributed by atoms with Crippen molar-refractivity contribution in [2.45, 2.75) is 46.1 Å². The van der Waals surface area contributed by atoms with Gasteiger partial charge in [-0.1, -0.05) is 31.2 Å². The predicted octanol–water partition coefficient (Wildman–Crippen LogP) is 4.18. The van der Waals surface area contributed by atoms with E-state index in [4.69, 9.17) is 0 Å². The minimum absolute atomic E-state index is 0.0337. The van der Waals surface area contributed by atoms with Gasteiger partial charge in [0, 0.05) is 24.4 Å². The van der Waals surface area contributed by atoms with E-state index in [2.05, 4.69) is 30.5 Å². The topological polar surface area (TPSA) is 40.6 Å². The molecule has 0 aliphatic carbocycles. The Hall–Kier alpha value is -2.14. The van der Waals surface area contributed by atoms with Crippen LogP contribution in [0.15, 0.2) is 35.7 Å². The number of likely N-dealkylation sites (N-methyl/N-ethyl adjacent to an activating group) is 1. The molecule has 0 unspecified atom stereocenters. The minimum Gasteiger partial charge on any atom is -0.334 e. The lowest BCUT2D eigenvalue weighted by molar-refractivity contribution is -0.141. The van der Waals surface area contributed by atoms with Crippen LogP contribution in [0.2, 0.25) is 0 Å². The fraction of sp³-hybridized carbons (Fsp3) is 0.455. The van der Waals surface area contributed by atoms with Crippen LogP contribution >= 0.6 is 11.3 Å². The smallest absolute Gasteiger partial charge is 0.242 e. The van der Waals surface area contributed by atoms with Gasteiger partial charge in [0.1, 0.15) is 0 Å². The zero-order valence-corrected chi connectivity index (χ0v) is 17.2. The number of carbonyl (C=O) groups excluding carboxylic acids is 2. The van der Waals surface area contributed by atoms with Gasteiger partial charge in [-0.05, 0) is 54.8 Å². The van der Waals surface area contributed by atoms with E-state index in [9.17, 15) is 9.59 Å². The lowest BCUT2D eigenvalue weighted by Crippen LogP contribution is -2.46. The van der Waals surface area contributed by atoms with Crippen LogP contribution in [0.1, 0.15) is 54.3 Å². The predicted molar refractivity (Wildman–Crippen MR) is 110 cm³/mol. The highest BCUT2D eigenvalue weighted by Crippen LogP contribution is 2.38. The van der Waals surface area contributed by atoms with Gasteiger partial charge in [-0.25, -0.2) is 0 Å². The van der Waals surface area contributed by atoms with Crippen molar-refractivity contribution in [3.63, 3.8) is 0 Å². The van der Waals surface area contributed by atoms with Crippen LogP contribution in [0.25, 0.3) is 0 Å². The van der Waals surface area contributed by atoms with Crippen LogP contribution in [-0.2, 0) is 16.0 Å². The normalized spacial score (nSPS) is 16.1. The average Bonchev–Trinajstić information content (AvgIpc) is 3.14. The molecule has 1 aliphatic heterocycles. The Balaban J connectivity index is 1.90. The number of carbonyl (C=O) groups is 2. The summed E-state index contributed by atoms with van der Waals surface area (Å²) in [6.45, 7) is 7.46. The van der Waals surface area contributed by atoms with E-state index < -0.39 is 0 Å². The molecule has 2 amide bonds. The third-order valence-corrected chi connectivity index (χ3v) is 6.29. The second kappa shape index (κ2) is 8.70. The molecule has 27 heavy (non-hydrogen) atoms. The van der Waals surface area contributed by atoms with Crippen molar-refractivity contribution in [1.82, 2.24) is 9.80 Å². The van der Waals surface area contributed by atoms with E-state index in [1.165, 1.54) is 21.6 Å². The van der Waals surface area contributed by atoms with E-state index in [1.54, 1.807) is 16.2 Å². The highest BCUT2D eigenvalue weighted by molar-refractivity contribution is 7.10. The summed E-state index contributed by atoms with van der Waals surface area (Å²) >= 11 is 1.77. The molecule has 2 aromatic rings. The molecular weight excluding hydrogens is 356 g/mol. The Labute approximate surface area is 165 Å². The monoisotopic (exact) mass is 384 g/mol. The Kier molecular flexibility index (Phi) is 6.32. The third kappa shape index (κ3) is 4.08. The molecule has 0 N–H and O–H groups in total. The summed E-state index contributed by atoms with van der Waals surface area (Å²) in [5.74, 6) is 0.0976. The molecular formula is C22H28N2O2S. The van der Waals surface area contributed by atoms with Gasteiger partial charge in [0.15, 0.2) is 0 Å². The van der Waals surface area contributed by atoms with E-state index in [-0.39, 0.29) is 24.4 Å². The van der Waals surface area contributed by atoms with E-state index in [0.29, 0.717) is 19.5 Å². The number of aryl methyl sites for hydroxylation is 1. The van der Waals surface area contributed by atoms with Crippen molar-refractivity contribution in [3.05, 3.63) is 57.3 Å². The fourth-order valence-corrected chi connectivity index (χ4v) is 4.72. The summed E-state index contributed by atoms with van der Waals surface area (Å²) in [6.07, 6.45) is 2.19. The molecule has 144 valence electrons. The van der Waals surface area contributed by atoms with Crippen LogP contribution < -0.4 is 0 Å². The van der Waals surface area contributed by atoms with Crippen LogP contribution in [-0.4, -0.2) is 41.2 Å². The van der Waals surface area contributed by atoms with Gasteiger partial charge in [-0.2, -0.15) is 0 Å². The molecule has 0 spiro atoms. The van der Waals surface area contributed by atoms with Gasteiger partial charge in [0.05, 0.1) is 12.6 Å². The summed E-state index contributed by atoms with van der Waals surface area (Å²) in [4.78, 5) is 30.6. The number of rotatable bonds is 6. The van der Waals surface area contributed by atoms with Gasteiger partial charge in [-0.3, -0.25) is 9.59 Å². The molecule has 0 radical (unpaired) electrons. The molecule has 1 aromatic carbocycles. The van der Waals surface area contributed by atoms with Crippen molar-refractivity contribution in [1.29, 1.82) is 0 Å². The SMILES string of the molecule is CCCC(=O)N(CC)CC(=O)N1CCc2sccc2[C@H]1c1ccccc1C. The molecule has 1 aromatic heterocycles.